The Morgan fingerprint density at radius 1 is 1.32 bits per heavy atom. The molecule has 2 aromatic rings. The predicted octanol–water partition coefficient (Wildman–Crippen LogP) is 2.16. The highest BCUT2D eigenvalue weighted by Gasteiger charge is 2.06. The molecule has 0 unspecified atom stereocenters. The molecule has 2 rings (SSSR count). The van der Waals surface area contributed by atoms with E-state index in [1.54, 1.807) is 24.3 Å². The van der Waals surface area contributed by atoms with Gasteiger partial charge in [-0.1, -0.05) is 12.1 Å². The van der Waals surface area contributed by atoms with Gasteiger partial charge in [-0.25, -0.2) is 9.37 Å². The van der Waals surface area contributed by atoms with Gasteiger partial charge in [0.1, 0.15) is 5.82 Å². The number of pyridine rings is 1. The lowest BCUT2D eigenvalue weighted by atomic mass is 10.2. The van der Waals surface area contributed by atoms with Crippen molar-refractivity contribution in [2.24, 2.45) is 0 Å². The maximum atomic E-state index is 12.7. The second-order valence-electron chi connectivity index (χ2n) is 3.90. The molecular formula is C14H13FN2O2. The first-order valence-electron chi connectivity index (χ1n) is 5.72. The van der Waals surface area contributed by atoms with Crippen molar-refractivity contribution in [2.75, 3.05) is 7.11 Å². The van der Waals surface area contributed by atoms with Crippen LogP contribution in [0.5, 0.6) is 5.88 Å². The highest BCUT2D eigenvalue weighted by Crippen LogP contribution is 2.09. The third kappa shape index (κ3) is 3.51. The van der Waals surface area contributed by atoms with Gasteiger partial charge in [0.15, 0.2) is 0 Å². The molecule has 1 amide bonds. The Balaban J connectivity index is 1.99. The van der Waals surface area contributed by atoms with Crippen molar-refractivity contribution in [3.05, 3.63) is 59.5 Å². The number of ether oxygens (including phenoxy) is 1. The van der Waals surface area contributed by atoms with Crippen molar-refractivity contribution >= 4 is 5.91 Å². The molecule has 0 bridgehead atoms. The Morgan fingerprint density at radius 2 is 2.05 bits per heavy atom. The van der Waals surface area contributed by atoms with Gasteiger partial charge in [-0.2, -0.15) is 0 Å². The summed E-state index contributed by atoms with van der Waals surface area (Å²) in [5.41, 5.74) is 1.30. The molecule has 1 heterocycles. The molecule has 0 radical (unpaired) electrons. The summed E-state index contributed by atoms with van der Waals surface area (Å²) >= 11 is 0. The van der Waals surface area contributed by atoms with Crippen LogP contribution in [0.1, 0.15) is 15.9 Å². The van der Waals surface area contributed by atoms with Crippen LogP contribution in [0.2, 0.25) is 0 Å². The first kappa shape index (κ1) is 13.0. The lowest BCUT2D eigenvalue weighted by molar-refractivity contribution is 0.0950. The van der Waals surface area contributed by atoms with Crippen molar-refractivity contribution in [3.63, 3.8) is 0 Å². The molecule has 0 aliphatic rings. The number of aromatic nitrogens is 1. The van der Waals surface area contributed by atoms with E-state index in [1.807, 2.05) is 0 Å². The molecule has 5 heteroatoms. The zero-order valence-electron chi connectivity index (χ0n) is 10.4. The monoisotopic (exact) mass is 260 g/mol. The van der Waals surface area contributed by atoms with Gasteiger partial charge in [-0.3, -0.25) is 4.79 Å². The summed E-state index contributed by atoms with van der Waals surface area (Å²) in [6, 6.07) is 9.13. The number of hydrogen-bond acceptors (Lipinski definition) is 3. The minimum absolute atomic E-state index is 0.231. The topological polar surface area (TPSA) is 51.2 Å². The second kappa shape index (κ2) is 5.95. The maximum absolute atomic E-state index is 12.7. The summed E-state index contributed by atoms with van der Waals surface area (Å²) in [6.45, 7) is 0.337. The van der Waals surface area contributed by atoms with Crippen LogP contribution in [0.15, 0.2) is 42.6 Å². The molecule has 0 saturated carbocycles. The van der Waals surface area contributed by atoms with E-state index >= 15 is 0 Å². The van der Waals surface area contributed by atoms with Crippen LogP contribution in [0.25, 0.3) is 0 Å². The van der Waals surface area contributed by atoms with Crippen LogP contribution in [-0.4, -0.2) is 18.0 Å². The zero-order chi connectivity index (χ0) is 13.7. The number of halogens is 1. The molecular weight excluding hydrogens is 247 g/mol. The average Bonchev–Trinajstić information content (AvgIpc) is 2.46. The van der Waals surface area contributed by atoms with Crippen molar-refractivity contribution < 1.29 is 13.9 Å². The SMILES string of the molecule is COc1cc(C(=O)NCc2ccc(F)cc2)ccn1. The lowest BCUT2D eigenvalue weighted by Crippen LogP contribution is -2.22. The van der Waals surface area contributed by atoms with Gasteiger partial charge < -0.3 is 10.1 Å². The van der Waals surface area contributed by atoms with Crippen LogP contribution >= 0.6 is 0 Å². The van der Waals surface area contributed by atoms with Crippen LogP contribution in [0.3, 0.4) is 0 Å². The van der Waals surface area contributed by atoms with Gasteiger partial charge in [0.25, 0.3) is 5.91 Å². The van der Waals surface area contributed by atoms with Crippen molar-refractivity contribution in [1.29, 1.82) is 0 Å². The Hall–Kier alpha value is -2.43. The van der Waals surface area contributed by atoms with Crippen molar-refractivity contribution in [3.8, 4) is 5.88 Å². The fourth-order valence-electron chi connectivity index (χ4n) is 1.55. The average molecular weight is 260 g/mol. The molecule has 0 aliphatic carbocycles. The first-order valence-corrected chi connectivity index (χ1v) is 5.72. The van der Waals surface area contributed by atoms with Gasteiger partial charge in [-0.15, -0.1) is 0 Å². The fraction of sp³-hybridized carbons (Fsp3) is 0.143. The molecule has 1 aromatic heterocycles. The summed E-state index contributed by atoms with van der Waals surface area (Å²) in [6.07, 6.45) is 1.51. The minimum Gasteiger partial charge on any atom is -0.481 e. The van der Waals surface area contributed by atoms with Gasteiger partial charge in [-0.05, 0) is 23.8 Å². The zero-order valence-corrected chi connectivity index (χ0v) is 10.4. The summed E-state index contributed by atoms with van der Waals surface area (Å²) < 4.78 is 17.7. The molecule has 1 N–H and O–H groups in total. The minimum atomic E-state index is -0.297. The number of nitrogens with zero attached hydrogens (tertiary/aromatic N) is 1. The van der Waals surface area contributed by atoms with E-state index in [2.05, 4.69) is 10.3 Å². The number of hydrogen-bond donors (Lipinski definition) is 1. The van der Waals surface area contributed by atoms with Crippen molar-refractivity contribution in [2.45, 2.75) is 6.54 Å². The van der Waals surface area contributed by atoms with Gasteiger partial charge >= 0.3 is 0 Å². The standard InChI is InChI=1S/C14H13FN2O2/c1-19-13-8-11(6-7-16-13)14(18)17-9-10-2-4-12(15)5-3-10/h2-8H,9H2,1H3,(H,17,18). The molecule has 98 valence electrons. The Morgan fingerprint density at radius 3 is 2.74 bits per heavy atom. The van der Waals surface area contributed by atoms with E-state index in [1.165, 1.54) is 25.4 Å². The first-order chi connectivity index (χ1) is 9.19. The number of carbonyl (C=O) groups excluding carboxylic acids is 1. The number of nitrogens with one attached hydrogen (secondary N) is 1. The Bertz CT molecular complexity index is 570. The molecule has 1 aromatic carbocycles. The summed E-state index contributed by atoms with van der Waals surface area (Å²) in [4.78, 5) is 15.8. The summed E-state index contributed by atoms with van der Waals surface area (Å²) in [7, 11) is 1.49. The number of amides is 1. The third-order valence-corrected chi connectivity index (χ3v) is 2.57. The van der Waals surface area contributed by atoms with E-state index in [0.717, 1.165) is 5.56 Å². The summed E-state index contributed by atoms with van der Waals surface area (Å²) in [5.74, 6) is -0.145. The van der Waals surface area contributed by atoms with E-state index in [9.17, 15) is 9.18 Å². The highest BCUT2D eigenvalue weighted by molar-refractivity contribution is 5.94. The molecule has 0 saturated heterocycles. The van der Waals surface area contributed by atoms with Crippen molar-refractivity contribution in [1.82, 2.24) is 10.3 Å². The second-order valence-corrected chi connectivity index (χ2v) is 3.90. The molecule has 0 aliphatic heterocycles. The molecule has 0 atom stereocenters. The molecule has 19 heavy (non-hydrogen) atoms. The largest absolute Gasteiger partial charge is 0.481 e. The van der Waals surface area contributed by atoms with E-state index < -0.39 is 0 Å². The normalized spacial score (nSPS) is 10.0. The molecule has 4 nitrogen and oxygen atoms in total. The van der Waals surface area contributed by atoms with Gasteiger partial charge in [0.2, 0.25) is 5.88 Å². The van der Waals surface area contributed by atoms with Crippen LogP contribution in [-0.2, 0) is 6.54 Å². The van der Waals surface area contributed by atoms with Gasteiger partial charge in [0, 0.05) is 24.4 Å². The van der Waals surface area contributed by atoms with Crippen LogP contribution in [0, 0.1) is 5.82 Å². The highest BCUT2D eigenvalue weighted by atomic mass is 19.1. The van der Waals surface area contributed by atoms with E-state index in [4.69, 9.17) is 4.74 Å². The Labute approximate surface area is 110 Å². The quantitative estimate of drug-likeness (QED) is 0.916. The van der Waals surface area contributed by atoms with Crippen LogP contribution < -0.4 is 10.1 Å². The number of benzene rings is 1. The maximum Gasteiger partial charge on any atom is 0.251 e. The smallest absolute Gasteiger partial charge is 0.251 e. The fourth-order valence-corrected chi connectivity index (χ4v) is 1.55. The number of rotatable bonds is 4. The van der Waals surface area contributed by atoms with Crippen LogP contribution in [0.4, 0.5) is 4.39 Å². The number of methoxy groups -OCH3 is 1. The van der Waals surface area contributed by atoms with Gasteiger partial charge in [0.05, 0.1) is 7.11 Å². The Kier molecular flexibility index (Phi) is 4.07. The van der Waals surface area contributed by atoms with E-state index in [-0.39, 0.29) is 11.7 Å². The summed E-state index contributed by atoms with van der Waals surface area (Å²) in [5, 5.41) is 2.74. The predicted molar refractivity (Wildman–Crippen MR) is 68.4 cm³/mol. The third-order valence-electron chi connectivity index (χ3n) is 2.57. The lowest BCUT2D eigenvalue weighted by Gasteiger charge is -2.06. The van der Waals surface area contributed by atoms with E-state index in [0.29, 0.717) is 18.0 Å². The number of carbonyl (C=O) groups is 1. The molecule has 0 spiro atoms. The molecule has 0 fully saturated rings.